The summed E-state index contributed by atoms with van der Waals surface area (Å²) in [6.07, 6.45) is 0. The summed E-state index contributed by atoms with van der Waals surface area (Å²) in [6, 6.07) is 4.92. The molecule has 0 aliphatic carbocycles. The molecule has 96 valence electrons. The quantitative estimate of drug-likeness (QED) is 0.860. The fraction of sp³-hybridized carbons (Fsp3) is 0.417. The lowest BCUT2D eigenvalue weighted by Gasteiger charge is -2.34. The zero-order valence-electron chi connectivity index (χ0n) is 9.53. The molecule has 2 atom stereocenters. The van der Waals surface area contributed by atoms with Crippen molar-refractivity contribution in [1.29, 1.82) is 0 Å². The van der Waals surface area contributed by atoms with Crippen LogP contribution in [0.5, 0.6) is 0 Å². The van der Waals surface area contributed by atoms with Gasteiger partial charge < -0.3 is 10.5 Å². The Morgan fingerprint density at radius 2 is 2.39 bits per heavy atom. The van der Waals surface area contributed by atoms with Gasteiger partial charge in [0, 0.05) is 21.7 Å². The molecule has 0 spiro atoms. The second-order valence-electron chi connectivity index (χ2n) is 4.52. The Bertz CT molecular complexity index is 525. The molecule has 0 amide bonds. The second-order valence-corrected chi connectivity index (χ2v) is 6.48. The van der Waals surface area contributed by atoms with Crippen LogP contribution in [0.15, 0.2) is 27.7 Å². The molecular weight excluding hydrogens is 319 g/mol. The van der Waals surface area contributed by atoms with Crippen LogP contribution in [-0.4, -0.2) is 24.1 Å². The molecule has 2 N–H and O–H groups in total. The number of thioether (sulfide) groups is 1. The minimum Gasteiger partial charge on any atom is -0.379 e. The van der Waals surface area contributed by atoms with Crippen molar-refractivity contribution in [2.24, 2.45) is 16.6 Å². The van der Waals surface area contributed by atoms with Gasteiger partial charge in [-0.3, -0.25) is 0 Å². The minimum absolute atomic E-state index is 0.179. The molecule has 0 unspecified atom stereocenters. The van der Waals surface area contributed by atoms with Gasteiger partial charge in [0.15, 0.2) is 5.17 Å². The Morgan fingerprint density at radius 3 is 3.22 bits per heavy atom. The van der Waals surface area contributed by atoms with E-state index in [1.165, 1.54) is 17.8 Å². The van der Waals surface area contributed by atoms with Gasteiger partial charge in [0.05, 0.1) is 13.2 Å². The lowest BCUT2D eigenvalue weighted by Crippen LogP contribution is -2.40. The molecule has 2 heterocycles. The summed E-state index contributed by atoms with van der Waals surface area (Å²) in [6.45, 7) is 1.00. The highest BCUT2D eigenvalue weighted by molar-refractivity contribution is 9.10. The molecule has 0 aromatic heterocycles. The number of hydrogen-bond acceptors (Lipinski definition) is 4. The molecule has 6 heteroatoms. The van der Waals surface area contributed by atoms with Gasteiger partial charge in [0.1, 0.15) is 11.4 Å². The molecule has 1 aromatic rings. The van der Waals surface area contributed by atoms with Crippen LogP contribution in [0.25, 0.3) is 0 Å². The predicted octanol–water partition coefficient (Wildman–Crippen LogP) is 2.49. The fourth-order valence-electron chi connectivity index (χ4n) is 2.52. The third-order valence-corrected chi connectivity index (χ3v) is 4.90. The SMILES string of the molecule is NC1=N[C@@]2(c3cc(Br)ccc3F)COC[C@H]2CS1. The van der Waals surface area contributed by atoms with Gasteiger partial charge in [0.25, 0.3) is 0 Å². The molecule has 1 saturated heterocycles. The monoisotopic (exact) mass is 330 g/mol. The topological polar surface area (TPSA) is 47.6 Å². The van der Waals surface area contributed by atoms with Crippen molar-refractivity contribution < 1.29 is 9.13 Å². The number of ether oxygens (including phenoxy) is 1. The molecule has 18 heavy (non-hydrogen) atoms. The van der Waals surface area contributed by atoms with Crippen molar-refractivity contribution >= 4 is 32.9 Å². The van der Waals surface area contributed by atoms with Crippen molar-refractivity contribution in [1.82, 2.24) is 0 Å². The first-order valence-electron chi connectivity index (χ1n) is 5.63. The lowest BCUT2D eigenvalue weighted by atomic mass is 9.81. The number of hydrogen-bond donors (Lipinski definition) is 1. The number of benzene rings is 1. The van der Waals surface area contributed by atoms with E-state index in [0.717, 1.165) is 10.2 Å². The maximum absolute atomic E-state index is 14.1. The summed E-state index contributed by atoms with van der Waals surface area (Å²) in [7, 11) is 0. The van der Waals surface area contributed by atoms with Crippen LogP contribution in [0.3, 0.4) is 0 Å². The average molecular weight is 331 g/mol. The second kappa shape index (κ2) is 4.51. The van der Waals surface area contributed by atoms with Crippen LogP contribution in [0.1, 0.15) is 5.56 Å². The molecule has 3 rings (SSSR count). The largest absolute Gasteiger partial charge is 0.379 e. The standard InChI is InChI=1S/C12H12BrFN2OS/c13-8-1-2-10(14)9(3-8)12-6-17-4-7(12)5-18-11(15)16-12/h1-3,7H,4-6H2,(H2,15,16)/t7-,12-/m0/s1. The molecule has 1 aromatic carbocycles. The zero-order valence-corrected chi connectivity index (χ0v) is 11.9. The number of aliphatic imine (C=N–C) groups is 1. The van der Waals surface area contributed by atoms with Gasteiger partial charge in [-0.05, 0) is 18.2 Å². The Morgan fingerprint density at radius 1 is 1.56 bits per heavy atom. The van der Waals surface area contributed by atoms with E-state index >= 15 is 0 Å². The van der Waals surface area contributed by atoms with Crippen LogP contribution < -0.4 is 5.73 Å². The molecule has 3 nitrogen and oxygen atoms in total. The zero-order chi connectivity index (χ0) is 12.8. The molecule has 1 fully saturated rings. The third kappa shape index (κ3) is 1.87. The number of amidine groups is 1. The van der Waals surface area contributed by atoms with Crippen LogP contribution in [0.4, 0.5) is 4.39 Å². The summed E-state index contributed by atoms with van der Waals surface area (Å²) in [5.74, 6) is 0.747. The van der Waals surface area contributed by atoms with Crippen LogP contribution in [-0.2, 0) is 10.3 Å². The Balaban J connectivity index is 2.17. The number of nitrogens with zero attached hydrogens (tertiary/aromatic N) is 1. The highest BCUT2D eigenvalue weighted by atomic mass is 79.9. The van der Waals surface area contributed by atoms with Gasteiger partial charge in [-0.1, -0.05) is 27.7 Å². The maximum atomic E-state index is 14.1. The van der Waals surface area contributed by atoms with Crippen molar-refractivity contribution in [3.8, 4) is 0 Å². The number of halogens is 2. The molecule has 2 aliphatic heterocycles. The van der Waals surface area contributed by atoms with E-state index in [2.05, 4.69) is 20.9 Å². The summed E-state index contributed by atoms with van der Waals surface area (Å²) in [5.41, 5.74) is 5.75. The fourth-order valence-corrected chi connectivity index (χ4v) is 3.86. The molecular formula is C12H12BrFN2OS. The normalized spacial score (nSPS) is 31.0. The van der Waals surface area contributed by atoms with E-state index in [9.17, 15) is 4.39 Å². The van der Waals surface area contributed by atoms with E-state index in [4.69, 9.17) is 10.5 Å². The summed E-state index contributed by atoms with van der Waals surface area (Å²) in [4.78, 5) is 4.52. The van der Waals surface area contributed by atoms with Gasteiger partial charge in [0.2, 0.25) is 0 Å². The number of fused-ring (bicyclic) bond motifs is 1. The van der Waals surface area contributed by atoms with E-state index in [-0.39, 0.29) is 11.7 Å². The van der Waals surface area contributed by atoms with Crippen LogP contribution in [0, 0.1) is 11.7 Å². The predicted molar refractivity (Wildman–Crippen MR) is 74.2 cm³/mol. The summed E-state index contributed by atoms with van der Waals surface area (Å²) in [5, 5.41) is 0.510. The molecule has 0 bridgehead atoms. The van der Waals surface area contributed by atoms with Gasteiger partial charge >= 0.3 is 0 Å². The van der Waals surface area contributed by atoms with E-state index in [0.29, 0.717) is 23.9 Å². The smallest absolute Gasteiger partial charge is 0.154 e. The summed E-state index contributed by atoms with van der Waals surface area (Å²) >= 11 is 4.89. The van der Waals surface area contributed by atoms with E-state index < -0.39 is 5.54 Å². The van der Waals surface area contributed by atoms with E-state index in [1.54, 1.807) is 12.1 Å². The molecule has 2 aliphatic rings. The van der Waals surface area contributed by atoms with Crippen LogP contribution in [0.2, 0.25) is 0 Å². The van der Waals surface area contributed by atoms with E-state index in [1.807, 2.05) is 0 Å². The Labute approximate surface area is 117 Å². The van der Waals surface area contributed by atoms with Gasteiger partial charge in [-0.15, -0.1) is 0 Å². The lowest BCUT2D eigenvalue weighted by molar-refractivity contribution is 0.176. The highest BCUT2D eigenvalue weighted by Gasteiger charge is 2.49. The first-order valence-corrected chi connectivity index (χ1v) is 7.41. The molecule has 0 saturated carbocycles. The van der Waals surface area contributed by atoms with Gasteiger partial charge in [-0.25, -0.2) is 9.38 Å². The first kappa shape index (κ1) is 12.4. The van der Waals surface area contributed by atoms with Crippen molar-refractivity contribution in [3.05, 3.63) is 34.1 Å². The molecule has 0 radical (unpaired) electrons. The van der Waals surface area contributed by atoms with Crippen molar-refractivity contribution in [3.63, 3.8) is 0 Å². The maximum Gasteiger partial charge on any atom is 0.154 e. The summed E-state index contributed by atoms with van der Waals surface area (Å²) < 4.78 is 20.5. The van der Waals surface area contributed by atoms with Gasteiger partial charge in [-0.2, -0.15) is 0 Å². The Hall–Kier alpha value is -0.590. The minimum atomic E-state index is -0.650. The van der Waals surface area contributed by atoms with Crippen LogP contribution >= 0.6 is 27.7 Å². The number of rotatable bonds is 1. The third-order valence-electron chi connectivity index (χ3n) is 3.45. The average Bonchev–Trinajstić information content (AvgIpc) is 2.76. The number of nitrogens with two attached hydrogens (primary N) is 1. The van der Waals surface area contributed by atoms with Crippen molar-refractivity contribution in [2.75, 3.05) is 19.0 Å². The van der Waals surface area contributed by atoms with Crippen molar-refractivity contribution in [2.45, 2.75) is 5.54 Å². The first-order chi connectivity index (χ1) is 8.62. The highest BCUT2D eigenvalue weighted by Crippen LogP contribution is 2.45. The Kier molecular flexibility index (Phi) is 3.11.